The van der Waals surface area contributed by atoms with Crippen molar-refractivity contribution in [1.82, 2.24) is 15.2 Å². The summed E-state index contributed by atoms with van der Waals surface area (Å²) in [5.41, 5.74) is 2.63. The van der Waals surface area contributed by atoms with Crippen LogP contribution in [0.15, 0.2) is 30.5 Å². The van der Waals surface area contributed by atoms with E-state index < -0.39 is 0 Å². The number of nitrogens with zero attached hydrogens (tertiary/aromatic N) is 5. The average Bonchev–Trinajstić information content (AvgIpc) is 2.91. The van der Waals surface area contributed by atoms with E-state index in [0.717, 1.165) is 31.3 Å². The molecule has 2 aliphatic heterocycles. The molecule has 0 N–H and O–H groups in total. The molecule has 0 saturated carbocycles. The summed E-state index contributed by atoms with van der Waals surface area (Å²) in [6.07, 6.45) is 6.58. The van der Waals surface area contributed by atoms with Crippen LogP contribution in [0, 0.1) is 0 Å². The minimum atomic E-state index is 0.406. The molecule has 0 bridgehead atoms. The Balaban J connectivity index is 1.68. The van der Waals surface area contributed by atoms with Crippen LogP contribution in [0.5, 0.6) is 0 Å². The van der Waals surface area contributed by atoms with Gasteiger partial charge in [0.25, 0.3) is 0 Å². The fraction of sp³-hybridized carbons (Fsp3) is 0.471. The van der Waals surface area contributed by atoms with Crippen LogP contribution in [-0.2, 0) is 6.42 Å². The van der Waals surface area contributed by atoms with Crippen molar-refractivity contribution < 1.29 is 0 Å². The highest BCUT2D eigenvalue weighted by Gasteiger charge is 2.28. The van der Waals surface area contributed by atoms with Gasteiger partial charge < -0.3 is 9.80 Å². The van der Waals surface area contributed by atoms with Gasteiger partial charge in [-0.05, 0) is 44.2 Å². The normalized spacial score (nSPS) is 21.0. The van der Waals surface area contributed by atoms with Gasteiger partial charge in [0.1, 0.15) is 0 Å². The molecule has 2 aromatic rings. The zero-order valence-electron chi connectivity index (χ0n) is 12.9. The summed E-state index contributed by atoms with van der Waals surface area (Å²) in [6.45, 7) is 4.32. The SMILES string of the molecule is CC1Cc2ccccc2N1c1cnnc(N2CCCCC2)n1. The molecule has 0 aliphatic carbocycles. The largest absolute Gasteiger partial charge is 0.339 e. The van der Waals surface area contributed by atoms with Crippen molar-refractivity contribution in [3.05, 3.63) is 36.0 Å². The summed E-state index contributed by atoms with van der Waals surface area (Å²) in [7, 11) is 0. The number of anilines is 3. The highest BCUT2D eigenvalue weighted by atomic mass is 15.4. The summed E-state index contributed by atoms with van der Waals surface area (Å²) in [5, 5.41) is 8.47. The highest BCUT2D eigenvalue weighted by molar-refractivity contribution is 5.68. The van der Waals surface area contributed by atoms with E-state index in [1.807, 2.05) is 0 Å². The third kappa shape index (κ3) is 2.30. The summed E-state index contributed by atoms with van der Waals surface area (Å²) >= 11 is 0. The van der Waals surface area contributed by atoms with Crippen molar-refractivity contribution in [2.75, 3.05) is 22.9 Å². The molecule has 22 heavy (non-hydrogen) atoms. The smallest absolute Gasteiger partial charge is 0.247 e. The van der Waals surface area contributed by atoms with Crippen molar-refractivity contribution in [2.45, 2.75) is 38.6 Å². The van der Waals surface area contributed by atoms with Gasteiger partial charge in [0.15, 0.2) is 5.82 Å². The first-order valence-corrected chi connectivity index (χ1v) is 8.15. The number of benzene rings is 1. The second kappa shape index (κ2) is 5.55. The Morgan fingerprint density at radius 3 is 2.77 bits per heavy atom. The van der Waals surface area contributed by atoms with Gasteiger partial charge in [-0.25, -0.2) is 0 Å². The van der Waals surface area contributed by atoms with Crippen molar-refractivity contribution in [3.8, 4) is 0 Å². The lowest BCUT2D eigenvalue weighted by Crippen LogP contribution is -2.32. The fourth-order valence-electron chi connectivity index (χ4n) is 3.54. The maximum absolute atomic E-state index is 4.81. The maximum Gasteiger partial charge on any atom is 0.247 e. The molecular formula is C17H21N5. The van der Waals surface area contributed by atoms with E-state index in [1.54, 1.807) is 6.20 Å². The number of hydrogen-bond acceptors (Lipinski definition) is 5. The first-order chi connectivity index (χ1) is 10.8. The van der Waals surface area contributed by atoms with Gasteiger partial charge in [0.05, 0.1) is 6.20 Å². The van der Waals surface area contributed by atoms with Crippen molar-refractivity contribution in [2.24, 2.45) is 0 Å². The van der Waals surface area contributed by atoms with E-state index in [-0.39, 0.29) is 0 Å². The number of aromatic nitrogens is 3. The molecule has 5 nitrogen and oxygen atoms in total. The van der Waals surface area contributed by atoms with Crippen molar-refractivity contribution in [3.63, 3.8) is 0 Å². The average molecular weight is 295 g/mol. The Kier molecular flexibility index (Phi) is 3.41. The molecule has 114 valence electrons. The molecule has 1 unspecified atom stereocenters. The van der Waals surface area contributed by atoms with Crippen LogP contribution in [0.2, 0.25) is 0 Å². The molecule has 0 radical (unpaired) electrons. The maximum atomic E-state index is 4.81. The van der Waals surface area contributed by atoms with Gasteiger partial charge in [-0.1, -0.05) is 18.2 Å². The standard InChI is InChI=1S/C17H21N5/c1-13-11-14-7-3-4-8-15(14)22(13)16-12-18-20-17(19-16)21-9-5-2-6-10-21/h3-4,7-8,12-13H,2,5-6,9-11H2,1H3. The zero-order valence-corrected chi connectivity index (χ0v) is 12.9. The van der Waals surface area contributed by atoms with Crippen LogP contribution in [0.25, 0.3) is 0 Å². The Labute approximate surface area is 131 Å². The topological polar surface area (TPSA) is 45.2 Å². The van der Waals surface area contributed by atoms with Gasteiger partial charge in [-0.2, -0.15) is 10.1 Å². The number of rotatable bonds is 2. The lowest BCUT2D eigenvalue weighted by Gasteiger charge is -2.28. The molecule has 1 atom stereocenters. The molecular weight excluding hydrogens is 274 g/mol. The second-order valence-electron chi connectivity index (χ2n) is 6.21. The van der Waals surface area contributed by atoms with E-state index in [0.29, 0.717) is 6.04 Å². The monoisotopic (exact) mass is 295 g/mol. The molecule has 1 saturated heterocycles. The van der Waals surface area contributed by atoms with Gasteiger partial charge in [0.2, 0.25) is 5.95 Å². The minimum Gasteiger partial charge on any atom is -0.339 e. The zero-order chi connectivity index (χ0) is 14.9. The number of fused-ring (bicyclic) bond motifs is 1. The van der Waals surface area contributed by atoms with Gasteiger partial charge in [-0.15, -0.1) is 5.10 Å². The van der Waals surface area contributed by atoms with Crippen molar-refractivity contribution >= 4 is 17.5 Å². The van der Waals surface area contributed by atoms with E-state index in [2.05, 4.69) is 51.2 Å². The van der Waals surface area contributed by atoms with Crippen LogP contribution in [-0.4, -0.2) is 34.3 Å². The first-order valence-electron chi connectivity index (χ1n) is 8.15. The van der Waals surface area contributed by atoms with Crippen LogP contribution in [0.4, 0.5) is 17.5 Å². The third-order valence-electron chi connectivity index (χ3n) is 4.63. The van der Waals surface area contributed by atoms with Gasteiger partial charge in [-0.3, -0.25) is 0 Å². The van der Waals surface area contributed by atoms with E-state index in [4.69, 9.17) is 4.98 Å². The van der Waals surface area contributed by atoms with Gasteiger partial charge in [0, 0.05) is 24.8 Å². The molecule has 1 fully saturated rings. The third-order valence-corrected chi connectivity index (χ3v) is 4.63. The molecule has 5 heteroatoms. The van der Waals surface area contributed by atoms with Crippen molar-refractivity contribution in [1.29, 1.82) is 0 Å². The van der Waals surface area contributed by atoms with E-state index in [1.165, 1.54) is 30.5 Å². The highest BCUT2D eigenvalue weighted by Crippen LogP contribution is 2.37. The summed E-state index contributed by atoms with van der Waals surface area (Å²) in [4.78, 5) is 9.35. The predicted octanol–water partition coefficient (Wildman–Crippen LogP) is 2.94. The van der Waals surface area contributed by atoms with E-state index in [9.17, 15) is 0 Å². The van der Waals surface area contributed by atoms with Gasteiger partial charge >= 0.3 is 0 Å². The number of para-hydroxylation sites is 1. The first kappa shape index (κ1) is 13.5. The summed E-state index contributed by atoms with van der Waals surface area (Å²) < 4.78 is 0. The Morgan fingerprint density at radius 2 is 1.91 bits per heavy atom. The summed E-state index contributed by atoms with van der Waals surface area (Å²) in [5.74, 6) is 1.68. The second-order valence-corrected chi connectivity index (χ2v) is 6.21. The minimum absolute atomic E-state index is 0.406. The predicted molar refractivity (Wildman–Crippen MR) is 87.6 cm³/mol. The van der Waals surface area contributed by atoms with Crippen LogP contribution < -0.4 is 9.80 Å². The molecule has 0 spiro atoms. The quantitative estimate of drug-likeness (QED) is 0.852. The Bertz CT molecular complexity index is 666. The lowest BCUT2D eigenvalue weighted by molar-refractivity contribution is 0.564. The number of hydrogen-bond donors (Lipinski definition) is 0. The molecule has 4 rings (SSSR count). The van der Waals surface area contributed by atoms with Crippen LogP contribution >= 0.6 is 0 Å². The Morgan fingerprint density at radius 1 is 1.09 bits per heavy atom. The van der Waals surface area contributed by atoms with Crippen LogP contribution in [0.1, 0.15) is 31.7 Å². The van der Waals surface area contributed by atoms with E-state index >= 15 is 0 Å². The number of piperidine rings is 1. The fourth-order valence-corrected chi connectivity index (χ4v) is 3.54. The molecule has 1 aromatic heterocycles. The summed E-state index contributed by atoms with van der Waals surface area (Å²) in [6, 6.07) is 8.97. The lowest BCUT2D eigenvalue weighted by atomic mass is 10.1. The molecule has 3 heterocycles. The van der Waals surface area contributed by atoms with Crippen LogP contribution in [0.3, 0.4) is 0 Å². The Hall–Kier alpha value is -2.17. The molecule has 1 aromatic carbocycles. The molecule has 2 aliphatic rings. The molecule has 0 amide bonds.